The van der Waals surface area contributed by atoms with Crippen molar-refractivity contribution in [1.29, 1.82) is 0 Å². The molecule has 2 aromatic rings. The molecule has 31 heavy (non-hydrogen) atoms. The molecule has 12 heteroatoms. The molecule has 170 valence electrons. The molecule has 1 unspecified atom stereocenters. The number of carbonyl (C=O) groups excluding carboxylic acids is 1. The van der Waals surface area contributed by atoms with E-state index in [-0.39, 0.29) is 23.3 Å². The summed E-state index contributed by atoms with van der Waals surface area (Å²) in [6.07, 6.45) is -17.7. The normalized spacial score (nSPS) is 14.4. The van der Waals surface area contributed by atoms with Gasteiger partial charge in [0.2, 0.25) is 5.91 Å². The monoisotopic (exact) mass is 461 g/mol. The fourth-order valence-corrected chi connectivity index (χ4v) is 2.91. The van der Waals surface area contributed by atoms with Crippen molar-refractivity contribution in [3.8, 4) is 0 Å². The number of nitrogens with two attached hydrogens (primary N) is 1. The number of carbonyl (C=O) groups is 1. The van der Waals surface area contributed by atoms with Crippen molar-refractivity contribution < 1.29 is 48.7 Å². The molecule has 0 fully saturated rings. The second-order valence-corrected chi connectivity index (χ2v) is 6.63. The van der Waals surface area contributed by atoms with Gasteiger partial charge in [-0.25, -0.2) is 4.39 Å². The lowest BCUT2D eigenvalue weighted by Gasteiger charge is -2.30. The van der Waals surface area contributed by atoms with Gasteiger partial charge in [-0.3, -0.25) is 4.79 Å². The third kappa shape index (κ3) is 4.93. The van der Waals surface area contributed by atoms with Crippen molar-refractivity contribution in [2.75, 3.05) is 0 Å². The highest BCUT2D eigenvalue weighted by Crippen LogP contribution is 2.53. The van der Waals surface area contributed by atoms with Crippen LogP contribution in [0.5, 0.6) is 0 Å². The molecule has 1 atom stereocenters. The van der Waals surface area contributed by atoms with Gasteiger partial charge in [-0.1, -0.05) is 42.5 Å². The molecule has 0 bridgehead atoms. The van der Waals surface area contributed by atoms with Gasteiger partial charge in [0.15, 0.2) is 0 Å². The first kappa shape index (κ1) is 24.5. The van der Waals surface area contributed by atoms with Gasteiger partial charge in [-0.15, -0.1) is 0 Å². The van der Waals surface area contributed by atoms with Crippen LogP contribution in [0.2, 0.25) is 0 Å². The Labute approximate surface area is 168 Å². The Kier molecular flexibility index (Phi) is 6.35. The van der Waals surface area contributed by atoms with Crippen LogP contribution in [-0.4, -0.2) is 18.3 Å². The van der Waals surface area contributed by atoms with Gasteiger partial charge >= 0.3 is 24.2 Å². The van der Waals surface area contributed by atoms with Gasteiger partial charge in [0.25, 0.3) is 0 Å². The molecule has 0 aliphatic carbocycles. The Bertz CT molecular complexity index is 914. The topological polar surface area (TPSA) is 43.1 Å². The Morgan fingerprint density at radius 1 is 0.774 bits per heavy atom. The van der Waals surface area contributed by atoms with Crippen LogP contribution >= 0.6 is 0 Å². The molecule has 0 spiro atoms. The van der Waals surface area contributed by atoms with E-state index in [2.05, 4.69) is 0 Å². The van der Waals surface area contributed by atoms with E-state index in [0.717, 1.165) is 12.1 Å². The predicted octanol–water partition coefficient (Wildman–Crippen LogP) is 5.81. The quantitative estimate of drug-likeness (QED) is 0.562. The fourth-order valence-electron chi connectivity index (χ4n) is 2.91. The zero-order valence-electron chi connectivity index (χ0n) is 15.2. The molecule has 0 radical (unpaired) electrons. The average Bonchev–Trinajstić information content (AvgIpc) is 2.63. The number of amides is 1. The first-order valence-corrected chi connectivity index (χ1v) is 8.36. The van der Waals surface area contributed by atoms with E-state index < -0.39 is 53.6 Å². The maximum atomic E-state index is 14.1. The van der Waals surface area contributed by atoms with Gasteiger partial charge < -0.3 is 5.73 Å². The van der Waals surface area contributed by atoms with E-state index in [1.165, 1.54) is 6.07 Å². The molecule has 0 aliphatic heterocycles. The van der Waals surface area contributed by atoms with Crippen molar-refractivity contribution in [3.05, 3.63) is 70.8 Å². The Hall–Kier alpha value is -2.79. The van der Waals surface area contributed by atoms with Gasteiger partial charge in [-0.05, 0) is 23.6 Å². The summed E-state index contributed by atoms with van der Waals surface area (Å²) in [5.41, 5.74) is -3.42. The summed E-state index contributed by atoms with van der Waals surface area (Å²) >= 11 is 0. The molecule has 0 saturated carbocycles. The predicted molar refractivity (Wildman–Crippen MR) is 88.4 cm³/mol. The SMILES string of the molecule is NC(=O)C(Cc1ccc(C(F)(C(F)(F)F)C(F)(F)F)cc1)c1cccc(C(F)(F)F)c1. The second kappa shape index (κ2) is 8.04. The number of alkyl halides is 10. The minimum atomic E-state index is -6.29. The minimum absolute atomic E-state index is 0.0448. The van der Waals surface area contributed by atoms with Gasteiger partial charge in [0.1, 0.15) is 0 Å². The molecular weight excluding hydrogens is 448 g/mol. The standard InChI is InChI=1S/C19H13F10NO/c20-16(18(24,25)26,19(27,28)29)12-6-4-10(5-7-12)8-14(15(30)31)11-2-1-3-13(9-11)17(21,22)23/h1-7,9,14H,8H2,(H2,30,31). The zero-order chi connectivity index (χ0) is 23.8. The molecule has 0 saturated heterocycles. The van der Waals surface area contributed by atoms with Crippen LogP contribution in [-0.2, 0) is 23.1 Å². The smallest absolute Gasteiger partial charge is 0.369 e. The maximum Gasteiger partial charge on any atom is 0.435 e. The van der Waals surface area contributed by atoms with E-state index in [1.807, 2.05) is 0 Å². The average molecular weight is 461 g/mol. The molecule has 0 aliphatic rings. The number of hydrogen-bond acceptors (Lipinski definition) is 1. The lowest BCUT2D eigenvalue weighted by Crippen LogP contribution is -2.50. The number of benzene rings is 2. The summed E-state index contributed by atoms with van der Waals surface area (Å²) in [5, 5.41) is 0. The summed E-state index contributed by atoms with van der Waals surface area (Å²) in [5.74, 6) is -2.44. The summed E-state index contributed by atoms with van der Waals surface area (Å²) in [6.45, 7) is 0. The van der Waals surface area contributed by atoms with Crippen LogP contribution in [0.15, 0.2) is 48.5 Å². The summed E-state index contributed by atoms with van der Waals surface area (Å²) < 4.78 is 130. The van der Waals surface area contributed by atoms with Gasteiger partial charge in [0.05, 0.1) is 11.5 Å². The van der Waals surface area contributed by atoms with Gasteiger partial charge in [0, 0.05) is 5.56 Å². The Balaban J connectivity index is 2.39. The second-order valence-electron chi connectivity index (χ2n) is 6.63. The van der Waals surface area contributed by atoms with Crippen LogP contribution in [0.3, 0.4) is 0 Å². The number of rotatable bonds is 5. The maximum absolute atomic E-state index is 14.1. The van der Waals surface area contributed by atoms with Crippen molar-refractivity contribution in [2.45, 2.75) is 36.5 Å². The first-order chi connectivity index (χ1) is 14.0. The highest BCUT2D eigenvalue weighted by Gasteiger charge is 2.73. The van der Waals surface area contributed by atoms with Crippen LogP contribution in [0.4, 0.5) is 43.9 Å². The highest BCUT2D eigenvalue weighted by molar-refractivity contribution is 5.82. The van der Waals surface area contributed by atoms with Crippen molar-refractivity contribution in [2.24, 2.45) is 5.73 Å². The third-order valence-electron chi connectivity index (χ3n) is 4.53. The van der Waals surface area contributed by atoms with Crippen LogP contribution in [0, 0.1) is 0 Å². The van der Waals surface area contributed by atoms with E-state index in [1.54, 1.807) is 0 Å². The van der Waals surface area contributed by atoms with Crippen molar-refractivity contribution in [1.82, 2.24) is 0 Å². The van der Waals surface area contributed by atoms with Gasteiger partial charge in [-0.2, -0.15) is 39.5 Å². The molecule has 1 amide bonds. The van der Waals surface area contributed by atoms with E-state index in [4.69, 9.17) is 5.73 Å². The minimum Gasteiger partial charge on any atom is -0.369 e. The highest BCUT2D eigenvalue weighted by atomic mass is 19.4. The van der Waals surface area contributed by atoms with E-state index in [9.17, 15) is 48.7 Å². The van der Waals surface area contributed by atoms with Crippen LogP contribution in [0.25, 0.3) is 0 Å². The molecule has 2 nitrogen and oxygen atoms in total. The molecule has 2 aromatic carbocycles. The molecule has 0 heterocycles. The van der Waals surface area contributed by atoms with E-state index in [0.29, 0.717) is 18.2 Å². The molecule has 0 aromatic heterocycles. The third-order valence-corrected chi connectivity index (χ3v) is 4.53. The number of halogens is 10. The lowest BCUT2D eigenvalue weighted by atomic mass is 9.88. The Morgan fingerprint density at radius 2 is 1.29 bits per heavy atom. The Morgan fingerprint density at radius 3 is 1.71 bits per heavy atom. The van der Waals surface area contributed by atoms with Crippen LogP contribution < -0.4 is 5.73 Å². The summed E-state index contributed by atoms with van der Waals surface area (Å²) in [6, 6.07) is 5.51. The van der Waals surface area contributed by atoms with Crippen molar-refractivity contribution in [3.63, 3.8) is 0 Å². The first-order valence-electron chi connectivity index (χ1n) is 8.36. The fraction of sp³-hybridized carbons (Fsp3) is 0.316. The summed E-state index contributed by atoms with van der Waals surface area (Å²) in [7, 11) is 0. The molecule has 2 N–H and O–H groups in total. The molecular formula is C19H13F10NO. The van der Waals surface area contributed by atoms with Crippen molar-refractivity contribution >= 4 is 5.91 Å². The van der Waals surface area contributed by atoms with Crippen LogP contribution in [0.1, 0.15) is 28.2 Å². The molecule has 2 rings (SSSR count). The number of hydrogen-bond donors (Lipinski definition) is 1. The largest absolute Gasteiger partial charge is 0.435 e. The summed E-state index contributed by atoms with van der Waals surface area (Å²) in [4.78, 5) is 11.7. The zero-order valence-corrected chi connectivity index (χ0v) is 15.2. The lowest BCUT2D eigenvalue weighted by molar-refractivity contribution is -0.348. The van der Waals surface area contributed by atoms with E-state index >= 15 is 0 Å². The number of primary amides is 1.